The van der Waals surface area contributed by atoms with Crippen molar-refractivity contribution in [2.45, 2.75) is 25.7 Å². The minimum Gasteiger partial charge on any atom is -0.462 e. The van der Waals surface area contributed by atoms with Gasteiger partial charge in [0.1, 0.15) is 0 Å². The van der Waals surface area contributed by atoms with Crippen LogP contribution >= 0.6 is 0 Å². The summed E-state index contributed by atoms with van der Waals surface area (Å²) < 4.78 is 32.4. The van der Waals surface area contributed by atoms with Crippen LogP contribution < -0.4 is 18.9 Å². The van der Waals surface area contributed by atoms with E-state index in [1.807, 2.05) is 0 Å². The normalized spacial score (nSPS) is 20.6. The Labute approximate surface area is 185 Å². The Hall–Kier alpha value is -3.42. The summed E-state index contributed by atoms with van der Waals surface area (Å²) in [6.45, 7) is 0.893. The monoisotopic (exact) mass is 440 g/mol. The van der Waals surface area contributed by atoms with E-state index in [-0.39, 0.29) is 25.4 Å². The van der Waals surface area contributed by atoms with E-state index in [4.69, 9.17) is 28.4 Å². The summed E-state index contributed by atoms with van der Waals surface area (Å²) >= 11 is 0. The first-order valence-corrected chi connectivity index (χ1v) is 10.8. The molecule has 2 unspecified atom stereocenters. The van der Waals surface area contributed by atoms with E-state index in [2.05, 4.69) is 0 Å². The van der Waals surface area contributed by atoms with Crippen molar-refractivity contribution in [1.82, 2.24) is 0 Å². The van der Waals surface area contributed by atoms with E-state index < -0.39 is 11.9 Å². The van der Waals surface area contributed by atoms with Crippen molar-refractivity contribution >= 4 is 11.9 Å². The van der Waals surface area contributed by atoms with Gasteiger partial charge in [0.05, 0.1) is 24.3 Å². The number of esters is 2. The van der Waals surface area contributed by atoms with E-state index >= 15 is 0 Å². The van der Waals surface area contributed by atoms with Crippen molar-refractivity contribution in [2.75, 3.05) is 26.8 Å². The van der Waals surface area contributed by atoms with Crippen LogP contribution in [0, 0.1) is 11.8 Å². The number of carbonyl (C=O) groups is 2. The highest BCUT2D eigenvalue weighted by Gasteiger charge is 2.28. The lowest BCUT2D eigenvalue weighted by Gasteiger charge is -2.30. The molecule has 0 amide bonds. The maximum absolute atomic E-state index is 12.5. The van der Waals surface area contributed by atoms with Crippen LogP contribution in [-0.2, 0) is 9.47 Å². The topological polar surface area (TPSA) is 89.5 Å². The fraction of sp³-hybridized carbons (Fsp3) is 0.417. The second-order valence-electron chi connectivity index (χ2n) is 8.14. The highest BCUT2D eigenvalue weighted by molar-refractivity contribution is 5.91. The molecule has 0 N–H and O–H groups in total. The Morgan fingerprint density at radius 3 is 1.59 bits per heavy atom. The molecule has 32 heavy (non-hydrogen) atoms. The highest BCUT2D eigenvalue weighted by atomic mass is 16.7. The molecule has 5 rings (SSSR count). The molecule has 168 valence electrons. The SMILES string of the molecule is O=C(OCC1CCCCC1COC(=O)c1ccc2c(c1)OCO2)c1ccc2c(c1)OCO2. The molecule has 8 nitrogen and oxygen atoms in total. The number of hydrogen-bond acceptors (Lipinski definition) is 8. The summed E-state index contributed by atoms with van der Waals surface area (Å²) in [4.78, 5) is 25.0. The van der Waals surface area contributed by atoms with Crippen LogP contribution in [0.1, 0.15) is 46.4 Å². The molecule has 2 aromatic carbocycles. The zero-order chi connectivity index (χ0) is 21.9. The minimum absolute atomic E-state index is 0.145. The molecule has 8 heteroatoms. The fourth-order valence-corrected chi connectivity index (χ4v) is 4.30. The molecule has 0 saturated heterocycles. The number of hydrogen-bond donors (Lipinski definition) is 0. The van der Waals surface area contributed by atoms with Crippen molar-refractivity contribution < 1.29 is 38.0 Å². The Balaban J connectivity index is 1.15. The second kappa shape index (κ2) is 8.98. The van der Waals surface area contributed by atoms with Gasteiger partial charge in [0.25, 0.3) is 0 Å². The molecule has 1 saturated carbocycles. The van der Waals surface area contributed by atoms with Crippen LogP contribution in [0.5, 0.6) is 23.0 Å². The lowest BCUT2D eigenvalue weighted by Crippen LogP contribution is -2.29. The van der Waals surface area contributed by atoms with Gasteiger partial charge >= 0.3 is 11.9 Å². The molecule has 0 aromatic heterocycles. The molecule has 2 aliphatic heterocycles. The van der Waals surface area contributed by atoms with Gasteiger partial charge in [0.2, 0.25) is 13.6 Å². The zero-order valence-corrected chi connectivity index (χ0v) is 17.5. The van der Waals surface area contributed by atoms with Gasteiger partial charge < -0.3 is 28.4 Å². The van der Waals surface area contributed by atoms with Crippen LogP contribution in [0.15, 0.2) is 36.4 Å². The number of carbonyl (C=O) groups excluding carboxylic acids is 2. The Morgan fingerprint density at radius 2 is 1.12 bits per heavy atom. The van der Waals surface area contributed by atoms with E-state index in [0.717, 1.165) is 25.7 Å². The summed E-state index contributed by atoms with van der Waals surface area (Å²) in [6, 6.07) is 10.0. The maximum atomic E-state index is 12.5. The lowest BCUT2D eigenvalue weighted by atomic mass is 9.80. The number of fused-ring (bicyclic) bond motifs is 2. The van der Waals surface area contributed by atoms with Crippen molar-refractivity contribution in [1.29, 1.82) is 0 Å². The highest BCUT2D eigenvalue weighted by Crippen LogP contribution is 2.35. The third kappa shape index (κ3) is 4.30. The van der Waals surface area contributed by atoms with E-state index in [9.17, 15) is 9.59 Å². The van der Waals surface area contributed by atoms with Crippen LogP contribution in [0.2, 0.25) is 0 Å². The van der Waals surface area contributed by atoms with Gasteiger partial charge in [-0.15, -0.1) is 0 Å². The first-order chi connectivity index (χ1) is 15.7. The molecular formula is C24H24O8. The predicted molar refractivity (Wildman–Crippen MR) is 111 cm³/mol. The molecule has 1 aliphatic carbocycles. The lowest BCUT2D eigenvalue weighted by molar-refractivity contribution is 0.0139. The van der Waals surface area contributed by atoms with E-state index in [1.165, 1.54) is 0 Å². The first-order valence-electron chi connectivity index (χ1n) is 10.8. The van der Waals surface area contributed by atoms with Crippen LogP contribution in [0.4, 0.5) is 0 Å². The van der Waals surface area contributed by atoms with Crippen LogP contribution in [0.3, 0.4) is 0 Å². The predicted octanol–water partition coefficient (Wildman–Crippen LogP) is 3.96. The van der Waals surface area contributed by atoms with Crippen molar-refractivity contribution in [2.24, 2.45) is 11.8 Å². The summed E-state index contributed by atoms with van der Waals surface area (Å²) in [6.07, 6.45) is 4.00. The summed E-state index contributed by atoms with van der Waals surface area (Å²) in [5, 5.41) is 0. The average Bonchev–Trinajstić information content (AvgIpc) is 3.49. The molecule has 0 radical (unpaired) electrons. The Kier molecular flexibility index (Phi) is 5.75. The summed E-state index contributed by atoms with van der Waals surface area (Å²) in [5.74, 6) is 1.83. The van der Waals surface area contributed by atoms with Gasteiger partial charge in [-0.25, -0.2) is 9.59 Å². The second-order valence-corrected chi connectivity index (χ2v) is 8.14. The van der Waals surface area contributed by atoms with Crippen molar-refractivity contribution in [3.05, 3.63) is 47.5 Å². The van der Waals surface area contributed by atoms with Crippen LogP contribution in [0.25, 0.3) is 0 Å². The maximum Gasteiger partial charge on any atom is 0.338 e. The standard InChI is InChI=1S/C24H24O8/c25-23(15-5-7-19-21(9-15)31-13-29-19)27-11-17-3-1-2-4-18(17)12-28-24(26)16-6-8-20-22(10-16)32-14-30-20/h5-10,17-18H,1-4,11-14H2. The van der Waals surface area contributed by atoms with Gasteiger partial charge in [-0.05, 0) is 61.1 Å². The molecule has 0 spiro atoms. The van der Waals surface area contributed by atoms with Gasteiger partial charge in [0, 0.05) is 0 Å². The number of ether oxygens (including phenoxy) is 6. The third-order valence-electron chi connectivity index (χ3n) is 6.14. The molecule has 0 bridgehead atoms. The first kappa shape index (κ1) is 20.5. The number of benzene rings is 2. The number of rotatable bonds is 6. The third-order valence-corrected chi connectivity index (χ3v) is 6.14. The van der Waals surface area contributed by atoms with Crippen LogP contribution in [-0.4, -0.2) is 38.7 Å². The molecule has 2 heterocycles. The Bertz CT molecular complexity index is 936. The van der Waals surface area contributed by atoms with Gasteiger partial charge in [0.15, 0.2) is 23.0 Å². The Morgan fingerprint density at radius 1 is 0.688 bits per heavy atom. The minimum atomic E-state index is -0.398. The van der Waals surface area contributed by atoms with Gasteiger partial charge in [-0.1, -0.05) is 12.8 Å². The molecule has 2 atom stereocenters. The molecular weight excluding hydrogens is 416 g/mol. The summed E-state index contributed by atoms with van der Waals surface area (Å²) in [5.41, 5.74) is 0.853. The largest absolute Gasteiger partial charge is 0.462 e. The zero-order valence-electron chi connectivity index (χ0n) is 17.5. The molecule has 2 aromatic rings. The summed E-state index contributed by atoms with van der Waals surface area (Å²) in [7, 11) is 0. The smallest absolute Gasteiger partial charge is 0.338 e. The average molecular weight is 440 g/mol. The van der Waals surface area contributed by atoms with Gasteiger partial charge in [-0.3, -0.25) is 0 Å². The van der Waals surface area contributed by atoms with Crippen molar-refractivity contribution in [3.63, 3.8) is 0 Å². The van der Waals surface area contributed by atoms with Gasteiger partial charge in [-0.2, -0.15) is 0 Å². The molecule has 3 aliphatic rings. The molecule has 1 fully saturated rings. The quantitative estimate of drug-likeness (QED) is 0.624. The van der Waals surface area contributed by atoms with Crippen molar-refractivity contribution in [3.8, 4) is 23.0 Å². The fourth-order valence-electron chi connectivity index (χ4n) is 4.30. The van der Waals surface area contributed by atoms with E-state index in [0.29, 0.717) is 47.3 Å². The van der Waals surface area contributed by atoms with E-state index in [1.54, 1.807) is 36.4 Å².